The molecule has 0 amide bonds. The maximum absolute atomic E-state index is 13.8. The molecule has 28 heavy (non-hydrogen) atoms. The van der Waals surface area contributed by atoms with Gasteiger partial charge in [0.2, 0.25) is 0 Å². The van der Waals surface area contributed by atoms with Crippen LogP contribution in [0.4, 0.5) is 4.39 Å². The molecule has 1 fully saturated rings. The van der Waals surface area contributed by atoms with Crippen LogP contribution in [0.25, 0.3) is 0 Å². The van der Waals surface area contributed by atoms with Crippen LogP contribution in [0.5, 0.6) is 11.5 Å². The molecule has 0 spiro atoms. The van der Waals surface area contributed by atoms with Gasteiger partial charge in [-0.2, -0.15) is 0 Å². The highest BCUT2D eigenvalue weighted by Gasteiger charge is 2.22. The smallest absolute Gasteiger partial charge is 0.180 e. The zero-order chi connectivity index (χ0) is 19.9. The standard InChI is InChI=1S/C22H28ClFN2O2/c1-3-26-10-6-8-18(26)14-25-13-16-11-19(23)22(21(12-16)27-2)28-15-17-7-4-5-9-20(17)24/h4-5,7,9,11-12,18,25H,3,6,8,10,13-15H2,1-2H3. The van der Waals surface area contributed by atoms with Crippen molar-refractivity contribution in [2.45, 2.75) is 39.0 Å². The van der Waals surface area contributed by atoms with Crippen molar-refractivity contribution in [2.24, 2.45) is 0 Å². The van der Waals surface area contributed by atoms with Crippen molar-refractivity contribution >= 4 is 11.6 Å². The Hall–Kier alpha value is -1.82. The monoisotopic (exact) mass is 406 g/mol. The zero-order valence-electron chi connectivity index (χ0n) is 16.5. The van der Waals surface area contributed by atoms with E-state index in [4.69, 9.17) is 21.1 Å². The Bertz CT molecular complexity index is 787. The molecular formula is C22H28ClFN2O2. The zero-order valence-corrected chi connectivity index (χ0v) is 17.3. The third-order valence-corrected chi connectivity index (χ3v) is 5.51. The molecule has 4 nitrogen and oxygen atoms in total. The molecule has 1 unspecified atom stereocenters. The number of hydrogen-bond donors (Lipinski definition) is 1. The van der Waals surface area contributed by atoms with E-state index in [0.29, 0.717) is 34.7 Å². The number of methoxy groups -OCH3 is 1. The predicted molar refractivity (Wildman–Crippen MR) is 111 cm³/mol. The molecule has 1 aliphatic rings. The summed E-state index contributed by atoms with van der Waals surface area (Å²) in [7, 11) is 1.58. The molecule has 1 heterocycles. The quantitative estimate of drug-likeness (QED) is 0.657. The van der Waals surface area contributed by atoms with Gasteiger partial charge >= 0.3 is 0 Å². The van der Waals surface area contributed by atoms with Crippen LogP contribution in [0.2, 0.25) is 5.02 Å². The third kappa shape index (κ3) is 5.16. The molecule has 0 aliphatic carbocycles. The van der Waals surface area contributed by atoms with Gasteiger partial charge in [-0.15, -0.1) is 0 Å². The fraction of sp³-hybridized carbons (Fsp3) is 0.455. The van der Waals surface area contributed by atoms with Crippen molar-refractivity contribution in [1.82, 2.24) is 10.2 Å². The summed E-state index contributed by atoms with van der Waals surface area (Å²) in [5.41, 5.74) is 1.50. The lowest BCUT2D eigenvalue weighted by Gasteiger charge is -2.23. The fourth-order valence-corrected chi connectivity index (χ4v) is 3.99. The van der Waals surface area contributed by atoms with Gasteiger partial charge in [0.1, 0.15) is 12.4 Å². The number of nitrogens with one attached hydrogen (secondary N) is 1. The van der Waals surface area contributed by atoms with Crippen LogP contribution < -0.4 is 14.8 Å². The van der Waals surface area contributed by atoms with Gasteiger partial charge in [-0.25, -0.2) is 4.39 Å². The second kappa shape index (κ2) is 10.1. The summed E-state index contributed by atoms with van der Waals surface area (Å²) in [4.78, 5) is 2.51. The number of likely N-dealkylation sites (tertiary alicyclic amines) is 1. The van der Waals surface area contributed by atoms with Gasteiger partial charge in [0, 0.05) is 24.7 Å². The van der Waals surface area contributed by atoms with Crippen LogP contribution >= 0.6 is 11.6 Å². The summed E-state index contributed by atoms with van der Waals surface area (Å²) in [6, 6.07) is 10.9. The Balaban J connectivity index is 1.61. The third-order valence-electron chi connectivity index (χ3n) is 5.23. The first-order valence-corrected chi connectivity index (χ1v) is 10.2. The lowest BCUT2D eigenvalue weighted by atomic mass is 10.1. The molecular weight excluding hydrogens is 379 g/mol. The topological polar surface area (TPSA) is 33.7 Å². The second-order valence-electron chi connectivity index (χ2n) is 7.04. The van der Waals surface area contributed by atoms with Crippen molar-refractivity contribution in [3.8, 4) is 11.5 Å². The van der Waals surface area contributed by atoms with Gasteiger partial charge in [-0.3, -0.25) is 4.90 Å². The second-order valence-corrected chi connectivity index (χ2v) is 7.45. The van der Waals surface area contributed by atoms with Crippen LogP contribution in [0.3, 0.4) is 0 Å². The Morgan fingerprint density at radius 2 is 2.11 bits per heavy atom. The van der Waals surface area contributed by atoms with Crippen molar-refractivity contribution in [3.63, 3.8) is 0 Å². The molecule has 6 heteroatoms. The van der Waals surface area contributed by atoms with Gasteiger partial charge in [-0.05, 0) is 49.7 Å². The minimum absolute atomic E-state index is 0.0921. The van der Waals surface area contributed by atoms with Crippen molar-refractivity contribution in [1.29, 1.82) is 0 Å². The molecule has 0 aromatic heterocycles. The lowest BCUT2D eigenvalue weighted by Crippen LogP contribution is -2.37. The number of likely N-dealkylation sites (N-methyl/N-ethyl adjacent to an activating group) is 1. The number of ether oxygens (including phenoxy) is 2. The van der Waals surface area contributed by atoms with Gasteiger partial charge in [0.25, 0.3) is 0 Å². The van der Waals surface area contributed by atoms with E-state index in [1.807, 2.05) is 12.1 Å². The van der Waals surface area contributed by atoms with Crippen molar-refractivity contribution in [3.05, 3.63) is 58.4 Å². The van der Waals surface area contributed by atoms with E-state index in [0.717, 1.165) is 18.7 Å². The van der Waals surface area contributed by atoms with E-state index in [1.165, 1.54) is 25.5 Å². The lowest BCUT2D eigenvalue weighted by molar-refractivity contribution is 0.259. The molecule has 1 aliphatic heterocycles. The Morgan fingerprint density at radius 1 is 1.29 bits per heavy atom. The number of rotatable bonds is 9. The number of halogens is 2. The van der Waals surface area contributed by atoms with Crippen molar-refractivity contribution in [2.75, 3.05) is 26.7 Å². The highest BCUT2D eigenvalue weighted by Crippen LogP contribution is 2.37. The van der Waals surface area contributed by atoms with Crippen LogP contribution in [-0.4, -0.2) is 37.7 Å². The van der Waals surface area contributed by atoms with E-state index >= 15 is 0 Å². The highest BCUT2D eigenvalue weighted by molar-refractivity contribution is 6.32. The first kappa shape index (κ1) is 20.9. The molecule has 0 radical (unpaired) electrons. The van der Waals surface area contributed by atoms with E-state index in [1.54, 1.807) is 25.3 Å². The minimum Gasteiger partial charge on any atom is -0.493 e. The molecule has 1 saturated heterocycles. The van der Waals surface area contributed by atoms with Crippen LogP contribution in [0, 0.1) is 5.82 Å². The van der Waals surface area contributed by atoms with Crippen molar-refractivity contribution < 1.29 is 13.9 Å². The van der Waals surface area contributed by atoms with E-state index in [-0.39, 0.29) is 12.4 Å². The average molecular weight is 407 g/mol. The van der Waals surface area contributed by atoms with Gasteiger partial charge in [0.15, 0.2) is 11.5 Å². The summed E-state index contributed by atoms with van der Waals surface area (Å²) >= 11 is 6.44. The van der Waals surface area contributed by atoms with Gasteiger partial charge in [0.05, 0.1) is 12.1 Å². The molecule has 1 N–H and O–H groups in total. The number of hydrogen-bond acceptors (Lipinski definition) is 4. The molecule has 2 aromatic carbocycles. The average Bonchev–Trinajstić information content (AvgIpc) is 3.15. The molecule has 2 aromatic rings. The molecule has 0 saturated carbocycles. The normalized spacial score (nSPS) is 17.1. The summed E-state index contributed by atoms with van der Waals surface area (Å²) in [5.74, 6) is 0.687. The largest absolute Gasteiger partial charge is 0.493 e. The molecule has 1 atom stereocenters. The first-order valence-electron chi connectivity index (χ1n) is 9.79. The van der Waals surface area contributed by atoms with Gasteiger partial charge in [-0.1, -0.05) is 36.7 Å². The maximum atomic E-state index is 13.8. The Labute approximate surface area is 171 Å². The number of benzene rings is 2. The first-order chi connectivity index (χ1) is 13.6. The van der Waals surface area contributed by atoms with Crippen LogP contribution in [-0.2, 0) is 13.2 Å². The fourth-order valence-electron chi connectivity index (χ4n) is 3.71. The summed E-state index contributed by atoms with van der Waals surface area (Å²) < 4.78 is 25.0. The van der Waals surface area contributed by atoms with Gasteiger partial charge < -0.3 is 14.8 Å². The maximum Gasteiger partial charge on any atom is 0.180 e. The van der Waals surface area contributed by atoms with Crippen LogP contribution in [0.15, 0.2) is 36.4 Å². The Morgan fingerprint density at radius 3 is 2.86 bits per heavy atom. The summed E-state index contributed by atoms with van der Waals surface area (Å²) in [5, 5.41) is 3.99. The molecule has 3 rings (SSSR count). The van der Waals surface area contributed by atoms with E-state index < -0.39 is 0 Å². The summed E-state index contributed by atoms with van der Waals surface area (Å²) in [6.07, 6.45) is 2.52. The molecule has 152 valence electrons. The summed E-state index contributed by atoms with van der Waals surface area (Å²) in [6.45, 7) is 6.26. The SMILES string of the molecule is CCN1CCCC1CNCc1cc(Cl)c(OCc2ccccc2F)c(OC)c1. The van der Waals surface area contributed by atoms with E-state index in [9.17, 15) is 4.39 Å². The van der Waals surface area contributed by atoms with Crippen LogP contribution in [0.1, 0.15) is 30.9 Å². The Kier molecular flexibility index (Phi) is 7.54. The predicted octanol–water partition coefficient (Wildman–Crippen LogP) is 4.64. The van der Waals surface area contributed by atoms with E-state index in [2.05, 4.69) is 17.1 Å². The highest BCUT2D eigenvalue weighted by atomic mass is 35.5. The molecule has 0 bridgehead atoms. The number of nitrogens with zero attached hydrogens (tertiary/aromatic N) is 1. The minimum atomic E-state index is -0.300.